The van der Waals surface area contributed by atoms with Gasteiger partial charge in [-0.25, -0.2) is 0 Å². The van der Waals surface area contributed by atoms with Crippen molar-refractivity contribution in [2.75, 3.05) is 26.3 Å². The van der Waals surface area contributed by atoms with Crippen molar-refractivity contribution in [1.29, 1.82) is 0 Å². The molecule has 0 aliphatic rings. The minimum atomic E-state index is -0.391. The summed E-state index contributed by atoms with van der Waals surface area (Å²) in [4.78, 5) is 0. The number of rotatable bonds is 13. The van der Waals surface area contributed by atoms with E-state index >= 15 is 0 Å². The van der Waals surface area contributed by atoms with Crippen LogP contribution in [0.1, 0.15) is 60.3 Å². The highest BCUT2D eigenvalue weighted by atomic mass is 16.5. The Kier molecular flexibility index (Phi) is 12.5. The molecule has 0 amide bonds. The van der Waals surface area contributed by atoms with Crippen LogP contribution in [0, 0.1) is 17.8 Å². The van der Waals surface area contributed by atoms with Gasteiger partial charge in [0.15, 0.2) is 0 Å². The molecule has 0 bridgehead atoms. The maximum absolute atomic E-state index is 9.87. The zero-order chi connectivity index (χ0) is 15.4. The highest BCUT2D eigenvalue weighted by Gasteiger charge is 2.10. The number of nitrogens with one attached hydrogen (secondary N) is 1. The monoisotopic (exact) mass is 287 g/mol. The van der Waals surface area contributed by atoms with Crippen molar-refractivity contribution in [3.05, 3.63) is 0 Å². The molecule has 2 N–H and O–H groups in total. The van der Waals surface area contributed by atoms with Gasteiger partial charge in [0.2, 0.25) is 0 Å². The molecule has 0 saturated carbocycles. The van der Waals surface area contributed by atoms with Crippen LogP contribution >= 0.6 is 0 Å². The Balaban J connectivity index is 3.59. The van der Waals surface area contributed by atoms with E-state index in [2.05, 4.69) is 39.9 Å². The largest absolute Gasteiger partial charge is 0.389 e. The molecule has 0 aromatic carbocycles. The van der Waals surface area contributed by atoms with Crippen LogP contribution in [0.2, 0.25) is 0 Å². The number of unbranched alkanes of at least 4 members (excludes halogenated alkanes) is 1. The summed E-state index contributed by atoms with van der Waals surface area (Å²) in [5.41, 5.74) is 0. The van der Waals surface area contributed by atoms with Gasteiger partial charge in [-0.15, -0.1) is 0 Å². The summed E-state index contributed by atoms with van der Waals surface area (Å²) in [6.45, 7) is 14.0. The van der Waals surface area contributed by atoms with E-state index < -0.39 is 6.10 Å². The maximum Gasteiger partial charge on any atom is 0.0897 e. The Morgan fingerprint density at radius 2 is 1.75 bits per heavy atom. The van der Waals surface area contributed by atoms with Crippen molar-refractivity contribution < 1.29 is 9.84 Å². The summed E-state index contributed by atoms with van der Waals surface area (Å²) >= 11 is 0. The third-order valence-corrected chi connectivity index (χ3v) is 4.19. The number of aliphatic hydroxyl groups is 1. The highest BCUT2D eigenvalue weighted by Crippen LogP contribution is 2.12. The third-order valence-electron chi connectivity index (χ3n) is 4.19. The smallest absolute Gasteiger partial charge is 0.0897 e. The van der Waals surface area contributed by atoms with Crippen LogP contribution < -0.4 is 5.32 Å². The molecule has 0 heterocycles. The topological polar surface area (TPSA) is 41.5 Å². The van der Waals surface area contributed by atoms with Crippen LogP contribution in [0.25, 0.3) is 0 Å². The second-order valence-corrected chi connectivity index (χ2v) is 6.49. The molecular formula is C17H37NO2. The van der Waals surface area contributed by atoms with Crippen molar-refractivity contribution >= 4 is 0 Å². The fourth-order valence-electron chi connectivity index (χ4n) is 2.04. The van der Waals surface area contributed by atoms with Crippen LogP contribution in [0.15, 0.2) is 0 Å². The fraction of sp³-hybridized carbons (Fsp3) is 1.00. The molecule has 122 valence electrons. The van der Waals surface area contributed by atoms with E-state index in [1.807, 2.05) is 0 Å². The van der Waals surface area contributed by atoms with Crippen LogP contribution in [0.3, 0.4) is 0 Å². The molecule has 0 spiro atoms. The SMILES string of the molecule is CCCCC(CC)COCC(O)CNCC(C)C(C)C. The van der Waals surface area contributed by atoms with Crippen LogP contribution in [0.5, 0.6) is 0 Å². The standard InChI is InChI=1S/C17H37NO2/c1-6-8-9-16(7-2)12-20-13-17(19)11-18-10-15(5)14(3)4/h14-19H,6-13H2,1-5H3. The van der Waals surface area contributed by atoms with Crippen molar-refractivity contribution in [3.63, 3.8) is 0 Å². The lowest BCUT2D eigenvalue weighted by Crippen LogP contribution is -2.34. The van der Waals surface area contributed by atoms with Gasteiger partial charge >= 0.3 is 0 Å². The average molecular weight is 287 g/mol. The van der Waals surface area contributed by atoms with Crippen LogP contribution in [-0.2, 0) is 4.74 Å². The molecule has 20 heavy (non-hydrogen) atoms. The van der Waals surface area contributed by atoms with Gasteiger partial charge in [0.1, 0.15) is 0 Å². The molecule has 0 radical (unpaired) electrons. The zero-order valence-corrected chi connectivity index (χ0v) is 14.3. The second kappa shape index (κ2) is 12.6. The van der Waals surface area contributed by atoms with Crippen LogP contribution in [-0.4, -0.2) is 37.5 Å². The van der Waals surface area contributed by atoms with Gasteiger partial charge in [0, 0.05) is 13.2 Å². The van der Waals surface area contributed by atoms with Crippen molar-refractivity contribution in [1.82, 2.24) is 5.32 Å². The first kappa shape index (κ1) is 19.9. The van der Waals surface area contributed by atoms with E-state index in [1.54, 1.807) is 0 Å². The molecule has 3 atom stereocenters. The summed E-state index contributed by atoms with van der Waals surface area (Å²) in [5, 5.41) is 13.2. The molecule has 3 nitrogen and oxygen atoms in total. The van der Waals surface area contributed by atoms with E-state index in [-0.39, 0.29) is 0 Å². The normalized spacial score (nSPS) is 16.4. The Hall–Kier alpha value is -0.120. The van der Waals surface area contributed by atoms with Crippen molar-refractivity contribution in [2.45, 2.75) is 66.4 Å². The first-order chi connectivity index (χ1) is 9.51. The van der Waals surface area contributed by atoms with Crippen molar-refractivity contribution in [3.8, 4) is 0 Å². The Morgan fingerprint density at radius 3 is 2.30 bits per heavy atom. The van der Waals surface area contributed by atoms with Gasteiger partial charge in [-0.2, -0.15) is 0 Å². The van der Waals surface area contributed by atoms with Gasteiger partial charge in [-0.1, -0.05) is 53.9 Å². The van der Waals surface area contributed by atoms with Gasteiger partial charge in [0.05, 0.1) is 12.7 Å². The summed E-state index contributed by atoms with van der Waals surface area (Å²) in [6.07, 6.45) is 4.54. The van der Waals surface area contributed by atoms with Gasteiger partial charge < -0.3 is 15.2 Å². The Bertz CT molecular complexity index is 209. The maximum atomic E-state index is 9.87. The Morgan fingerprint density at radius 1 is 1.05 bits per heavy atom. The minimum absolute atomic E-state index is 0.391. The molecule has 0 aromatic heterocycles. The number of aliphatic hydroxyl groups excluding tert-OH is 1. The highest BCUT2D eigenvalue weighted by molar-refractivity contribution is 4.64. The molecule has 0 aliphatic carbocycles. The van der Waals surface area contributed by atoms with E-state index in [1.165, 1.54) is 25.7 Å². The van der Waals surface area contributed by atoms with Gasteiger partial charge in [-0.05, 0) is 30.7 Å². The molecule has 0 aromatic rings. The summed E-state index contributed by atoms with van der Waals surface area (Å²) in [6, 6.07) is 0. The number of hydrogen-bond acceptors (Lipinski definition) is 3. The van der Waals surface area contributed by atoms with Gasteiger partial charge in [-0.3, -0.25) is 0 Å². The van der Waals surface area contributed by atoms with E-state index in [9.17, 15) is 5.11 Å². The van der Waals surface area contributed by atoms with E-state index in [0.717, 1.165) is 13.2 Å². The molecular weight excluding hydrogens is 250 g/mol. The van der Waals surface area contributed by atoms with E-state index in [0.29, 0.717) is 30.9 Å². The lowest BCUT2D eigenvalue weighted by molar-refractivity contribution is 0.0190. The first-order valence-corrected chi connectivity index (χ1v) is 8.47. The lowest BCUT2D eigenvalue weighted by Gasteiger charge is -2.19. The number of ether oxygens (including phenoxy) is 1. The predicted molar refractivity (Wildman–Crippen MR) is 87.0 cm³/mol. The van der Waals surface area contributed by atoms with Crippen molar-refractivity contribution in [2.24, 2.45) is 17.8 Å². The second-order valence-electron chi connectivity index (χ2n) is 6.49. The number of hydrogen-bond donors (Lipinski definition) is 2. The predicted octanol–water partition coefficient (Wildman–Crippen LogP) is 3.46. The first-order valence-electron chi connectivity index (χ1n) is 8.47. The fourth-order valence-corrected chi connectivity index (χ4v) is 2.04. The molecule has 3 heteroatoms. The minimum Gasteiger partial charge on any atom is -0.389 e. The summed E-state index contributed by atoms with van der Waals surface area (Å²) in [7, 11) is 0. The quantitative estimate of drug-likeness (QED) is 0.545. The van der Waals surface area contributed by atoms with E-state index in [4.69, 9.17) is 4.74 Å². The summed E-state index contributed by atoms with van der Waals surface area (Å²) < 4.78 is 5.66. The lowest BCUT2D eigenvalue weighted by atomic mass is 9.98. The summed E-state index contributed by atoms with van der Waals surface area (Å²) in [5.74, 6) is 1.97. The zero-order valence-electron chi connectivity index (χ0n) is 14.3. The molecule has 0 fully saturated rings. The van der Waals surface area contributed by atoms with Gasteiger partial charge in [0.25, 0.3) is 0 Å². The Labute approximate surface area is 126 Å². The third kappa shape index (κ3) is 10.6. The van der Waals surface area contributed by atoms with Crippen LogP contribution in [0.4, 0.5) is 0 Å². The average Bonchev–Trinajstić information content (AvgIpc) is 2.42. The molecule has 0 aliphatic heterocycles. The molecule has 0 saturated heterocycles. The molecule has 3 unspecified atom stereocenters. The molecule has 0 rings (SSSR count).